The first kappa shape index (κ1) is 21.2. The minimum absolute atomic E-state index is 0.172. The van der Waals surface area contributed by atoms with E-state index >= 15 is 0 Å². The topological polar surface area (TPSA) is 0 Å². The summed E-state index contributed by atoms with van der Waals surface area (Å²) < 4.78 is 0. The van der Waals surface area contributed by atoms with Crippen molar-refractivity contribution < 1.29 is 0 Å². The summed E-state index contributed by atoms with van der Waals surface area (Å²) in [5, 5.41) is 0. The third-order valence-corrected chi connectivity index (χ3v) is 6.91. The second-order valence-electron chi connectivity index (χ2n) is 9.27. The molecule has 0 heterocycles. The zero-order valence-corrected chi connectivity index (χ0v) is 19.6. The largest absolute Gasteiger partial charge is 0.0754 e. The molecular formula is C33H30. The molecule has 0 nitrogen and oxygen atoms in total. The van der Waals surface area contributed by atoms with Crippen LogP contribution in [0.1, 0.15) is 38.9 Å². The highest BCUT2D eigenvalue weighted by Crippen LogP contribution is 2.52. The van der Waals surface area contributed by atoms with E-state index in [2.05, 4.69) is 142 Å². The molecule has 5 rings (SSSR count). The van der Waals surface area contributed by atoms with Crippen LogP contribution in [0.5, 0.6) is 0 Å². The van der Waals surface area contributed by atoms with Crippen molar-refractivity contribution in [1.82, 2.24) is 0 Å². The normalized spacial score (nSPS) is 15.5. The van der Waals surface area contributed by atoms with E-state index in [0.29, 0.717) is 0 Å². The van der Waals surface area contributed by atoms with Gasteiger partial charge in [-0.1, -0.05) is 138 Å². The van der Waals surface area contributed by atoms with Crippen molar-refractivity contribution in [2.24, 2.45) is 5.92 Å². The molecule has 33 heavy (non-hydrogen) atoms. The molecule has 0 bridgehead atoms. The van der Waals surface area contributed by atoms with Gasteiger partial charge in [-0.15, -0.1) is 0 Å². The molecule has 0 N–H and O–H groups in total. The molecule has 0 saturated heterocycles. The standard InChI is InChI=1S/C33H30/c1-24-11-7-16-28(21-24)33(29-17-8-12-25(2)22-29,30-18-9-13-26(3)23-30)32-20-10-19-31(32)27-14-5-4-6-15-27/h4-23,32H,1-3H3. The van der Waals surface area contributed by atoms with E-state index in [1.165, 1.54) is 44.5 Å². The van der Waals surface area contributed by atoms with Gasteiger partial charge in [0.15, 0.2) is 0 Å². The van der Waals surface area contributed by atoms with E-state index in [1.54, 1.807) is 0 Å². The average Bonchev–Trinajstić information content (AvgIpc) is 3.31. The predicted molar refractivity (Wildman–Crippen MR) is 140 cm³/mol. The van der Waals surface area contributed by atoms with E-state index in [-0.39, 0.29) is 11.3 Å². The van der Waals surface area contributed by atoms with Crippen LogP contribution in [-0.4, -0.2) is 0 Å². The second-order valence-corrected chi connectivity index (χ2v) is 9.27. The first-order valence-corrected chi connectivity index (χ1v) is 11.7. The highest BCUT2D eigenvalue weighted by atomic mass is 14.5. The summed E-state index contributed by atoms with van der Waals surface area (Å²) >= 11 is 0. The van der Waals surface area contributed by atoms with Gasteiger partial charge in [-0.3, -0.25) is 0 Å². The van der Waals surface area contributed by atoms with Gasteiger partial charge in [-0.05, 0) is 48.6 Å². The molecule has 0 saturated carbocycles. The first-order valence-electron chi connectivity index (χ1n) is 11.7. The van der Waals surface area contributed by atoms with Crippen LogP contribution >= 0.6 is 0 Å². The van der Waals surface area contributed by atoms with Crippen LogP contribution < -0.4 is 0 Å². The summed E-state index contributed by atoms with van der Waals surface area (Å²) in [7, 11) is 0. The highest BCUT2D eigenvalue weighted by Gasteiger charge is 2.45. The summed E-state index contributed by atoms with van der Waals surface area (Å²) in [4.78, 5) is 0. The molecule has 0 aromatic heterocycles. The first-order chi connectivity index (χ1) is 16.1. The Hall–Kier alpha value is -3.64. The molecule has 1 atom stereocenters. The van der Waals surface area contributed by atoms with Crippen LogP contribution in [0.4, 0.5) is 0 Å². The molecule has 0 radical (unpaired) electrons. The Labute approximate surface area is 198 Å². The van der Waals surface area contributed by atoms with Gasteiger partial charge in [-0.2, -0.15) is 0 Å². The van der Waals surface area contributed by atoms with Gasteiger partial charge < -0.3 is 0 Å². The molecule has 162 valence electrons. The number of hydrogen-bond donors (Lipinski definition) is 0. The van der Waals surface area contributed by atoms with E-state index < -0.39 is 0 Å². The maximum absolute atomic E-state index is 2.40. The fourth-order valence-electron chi connectivity index (χ4n) is 5.47. The number of rotatable bonds is 5. The Kier molecular flexibility index (Phi) is 5.60. The Morgan fingerprint density at radius 2 is 1.03 bits per heavy atom. The summed E-state index contributed by atoms with van der Waals surface area (Å²) in [6.45, 7) is 6.58. The number of allylic oxidation sites excluding steroid dienone is 4. The lowest BCUT2D eigenvalue weighted by atomic mass is 9.59. The van der Waals surface area contributed by atoms with Gasteiger partial charge in [0.2, 0.25) is 0 Å². The molecular weight excluding hydrogens is 396 g/mol. The monoisotopic (exact) mass is 426 g/mol. The van der Waals surface area contributed by atoms with Crippen LogP contribution in [0.15, 0.2) is 121 Å². The van der Waals surface area contributed by atoms with Gasteiger partial charge in [0.25, 0.3) is 0 Å². The SMILES string of the molecule is Cc1cccc(C(c2cccc(C)c2)(c2cccc(C)c2)C2C=CC=C2c2ccccc2)c1. The van der Waals surface area contributed by atoms with Crippen molar-refractivity contribution >= 4 is 5.57 Å². The van der Waals surface area contributed by atoms with Crippen LogP contribution in [0.25, 0.3) is 5.57 Å². The lowest BCUT2D eigenvalue weighted by Gasteiger charge is -2.42. The molecule has 4 aromatic rings. The van der Waals surface area contributed by atoms with Gasteiger partial charge in [-0.25, -0.2) is 0 Å². The maximum Gasteiger partial charge on any atom is 0.0554 e. The van der Waals surface area contributed by atoms with Crippen molar-refractivity contribution in [3.05, 3.63) is 160 Å². The third-order valence-electron chi connectivity index (χ3n) is 6.91. The molecule has 0 spiro atoms. The Morgan fingerprint density at radius 3 is 1.48 bits per heavy atom. The van der Waals surface area contributed by atoms with E-state index in [1.807, 2.05) is 0 Å². The summed E-state index contributed by atoms with van der Waals surface area (Å²) in [6.07, 6.45) is 6.94. The Balaban J connectivity index is 1.88. The fourth-order valence-corrected chi connectivity index (χ4v) is 5.47. The summed E-state index contributed by atoms with van der Waals surface area (Å²) in [5.74, 6) is 0.172. The zero-order valence-electron chi connectivity index (χ0n) is 19.6. The van der Waals surface area contributed by atoms with Crippen molar-refractivity contribution in [1.29, 1.82) is 0 Å². The maximum atomic E-state index is 2.40. The lowest BCUT2D eigenvalue weighted by molar-refractivity contribution is 0.538. The number of benzene rings is 4. The quantitative estimate of drug-likeness (QED) is 0.282. The smallest absolute Gasteiger partial charge is 0.0554 e. The minimum atomic E-state index is -0.348. The number of aryl methyl sites for hydroxylation is 3. The summed E-state index contributed by atoms with van der Waals surface area (Å²) in [5.41, 5.74) is 10.1. The minimum Gasteiger partial charge on any atom is -0.0754 e. The highest BCUT2D eigenvalue weighted by molar-refractivity contribution is 5.77. The second kappa shape index (κ2) is 8.71. The molecule has 0 amide bonds. The van der Waals surface area contributed by atoms with Gasteiger partial charge in [0.05, 0.1) is 5.41 Å². The van der Waals surface area contributed by atoms with Crippen LogP contribution in [-0.2, 0) is 5.41 Å². The van der Waals surface area contributed by atoms with Crippen molar-refractivity contribution in [3.63, 3.8) is 0 Å². The predicted octanol–water partition coefficient (Wildman–Crippen LogP) is 8.22. The van der Waals surface area contributed by atoms with Gasteiger partial charge >= 0.3 is 0 Å². The summed E-state index contributed by atoms with van der Waals surface area (Å²) in [6, 6.07) is 38.1. The van der Waals surface area contributed by atoms with Gasteiger partial charge in [0.1, 0.15) is 0 Å². The molecule has 1 aliphatic rings. The molecule has 0 heteroatoms. The van der Waals surface area contributed by atoms with E-state index in [0.717, 1.165) is 0 Å². The molecule has 0 fully saturated rings. The molecule has 4 aromatic carbocycles. The molecule has 1 aliphatic carbocycles. The zero-order chi connectivity index (χ0) is 22.8. The lowest BCUT2D eigenvalue weighted by Crippen LogP contribution is -2.37. The van der Waals surface area contributed by atoms with E-state index in [9.17, 15) is 0 Å². The Bertz CT molecular complexity index is 1230. The molecule has 1 unspecified atom stereocenters. The number of hydrogen-bond acceptors (Lipinski definition) is 0. The van der Waals surface area contributed by atoms with Crippen molar-refractivity contribution in [2.75, 3.05) is 0 Å². The third kappa shape index (κ3) is 3.76. The average molecular weight is 427 g/mol. The van der Waals surface area contributed by atoms with E-state index in [4.69, 9.17) is 0 Å². The Morgan fingerprint density at radius 1 is 0.545 bits per heavy atom. The van der Waals surface area contributed by atoms with Crippen LogP contribution in [0.2, 0.25) is 0 Å². The molecule has 0 aliphatic heterocycles. The van der Waals surface area contributed by atoms with Gasteiger partial charge in [0, 0.05) is 5.92 Å². The van der Waals surface area contributed by atoms with Crippen LogP contribution in [0, 0.1) is 26.7 Å². The fraction of sp³-hybridized carbons (Fsp3) is 0.152. The van der Waals surface area contributed by atoms with Crippen LogP contribution in [0.3, 0.4) is 0 Å². The van der Waals surface area contributed by atoms with Crippen molar-refractivity contribution in [2.45, 2.75) is 26.2 Å². The van der Waals surface area contributed by atoms with Crippen molar-refractivity contribution in [3.8, 4) is 0 Å².